The lowest BCUT2D eigenvalue weighted by Crippen LogP contribution is -2.44. The third-order valence-corrected chi connectivity index (χ3v) is 3.44. The minimum absolute atomic E-state index is 0.0770. The number of amides is 2. The summed E-state index contributed by atoms with van der Waals surface area (Å²) in [6, 6.07) is 14.5. The fraction of sp³-hybridized carbons (Fsp3) is 0.278. The maximum Gasteiger partial charge on any atom is 0.315 e. The summed E-state index contributed by atoms with van der Waals surface area (Å²) < 4.78 is 18.3. The minimum Gasteiger partial charge on any atom is -0.492 e. The molecule has 0 heterocycles. The summed E-state index contributed by atoms with van der Waals surface area (Å²) in [4.78, 5) is 11.7. The average Bonchev–Trinajstić information content (AvgIpc) is 2.58. The lowest BCUT2D eigenvalue weighted by molar-refractivity contribution is 0.0593. The molecule has 0 saturated heterocycles. The molecule has 2 rings (SSSR count). The summed E-state index contributed by atoms with van der Waals surface area (Å²) in [7, 11) is 0. The van der Waals surface area contributed by atoms with Gasteiger partial charge >= 0.3 is 6.03 Å². The minimum atomic E-state index is -1.16. The van der Waals surface area contributed by atoms with Gasteiger partial charge < -0.3 is 20.5 Å². The molecular formula is C18H21FN2O3. The molecule has 0 aliphatic carbocycles. The maximum absolute atomic E-state index is 13.0. The summed E-state index contributed by atoms with van der Waals surface area (Å²) in [6.07, 6.45) is 0. The van der Waals surface area contributed by atoms with Crippen molar-refractivity contribution in [2.75, 3.05) is 19.7 Å². The van der Waals surface area contributed by atoms with Gasteiger partial charge in [-0.15, -0.1) is 0 Å². The standard InChI is InChI=1S/C18H21FN2O3/c1-18(23,14-6-3-2-4-7-14)13-21-17(22)20-10-11-24-16-9-5-8-15(19)12-16/h2-9,12,23H,10-11,13H2,1H3,(H2,20,21,22). The first-order valence-corrected chi connectivity index (χ1v) is 7.65. The number of nitrogens with one attached hydrogen (secondary N) is 2. The predicted molar refractivity (Wildman–Crippen MR) is 89.3 cm³/mol. The predicted octanol–water partition coefficient (Wildman–Crippen LogP) is 2.41. The second-order valence-electron chi connectivity index (χ2n) is 5.56. The van der Waals surface area contributed by atoms with Crippen LogP contribution in [0.4, 0.5) is 9.18 Å². The van der Waals surface area contributed by atoms with Crippen LogP contribution < -0.4 is 15.4 Å². The van der Waals surface area contributed by atoms with Crippen LogP contribution >= 0.6 is 0 Å². The van der Waals surface area contributed by atoms with Gasteiger partial charge in [-0.05, 0) is 24.6 Å². The van der Waals surface area contributed by atoms with Crippen LogP contribution in [0.25, 0.3) is 0 Å². The summed E-state index contributed by atoms with van der Waals surface area (Å²) in [5.74, 6) is 0.0329. The molecule has 1 atom stereocenters. The van der Waals surface area contributed by atoms with E-state index >= 15 is 0 Å². The second kappa shape index (κ2) is 8.31. The van der Waals surface area contributed by atoms with Gasteiger partial charge in [0.15, 0.2) is 0 Å². The lowest BCUT2D eigenvalue weighted by Gasteiger charge is -2.24. The fourth-order valence-electron chi connectivity index (χ4n) is 2.10. The number of urea groups is 1. The van der Waals surface area contributed by atoms with Gasteiger partial charge in [0, 0.05) is 6.07 Å². The highest BCUT2D eigenvalue weighted by atomic mass is 19.1. The van der Waals surface area contributed by atoms with Crippen molar-refractivity contribution in [3.8, 4) is 5.75 Å². The normalized spacial score (nSPS) is 13.0. The van der Waals surface area contributed by atoms with Crippen molar-refractivity contribution in [1.29, 1.82) is 0 Å². The molecule has 0 fully saturated rings. The van der Waals surface area contributed by atoms with Crippen molar-refractivity contribution in [3.63, 3.8) is 0 Å². The van der Waals surface area contributed by atoms with Crippen LogP contribution in [0.1, 0.15) is 12.5 Å². The van der Waals surface area contributed by atoms with Crippen LogP contribution in [-0.2, 0) is 5.60 Å². The number of benzene rings is 2. The molecule has 0 bridgehead atoms. The zero-order valence-electron chi connectivity index (χ0n) is 13.5. The lowest BCUT2D eigenvalue weighted by atomic mass is 9.96. The Kier molecular flexibility index (Phi) is 6.14. The van der Waals surface area contributed by atoms with Gasteiger partial charge in [-0.3, -0.25) is 0 Å². The van der Waals surface area contributed by atoms with Gasteiger partial charge in [-0.2, -0.15) is 0 Å². The Bertz CT molecular complexity index is 662. The largest absolute Gasteiger partial charge is 0.492 e. The maximum atomic E-state index is 13.0. The van der Waals surface area contributed by atoms with E-state index in [1.165, 1.54) is 12.1 Å². The summed E-state index contributed by atoms with van der Waals surface area (Å²) in [6.45, 7) is 2.19. The van der Waals surface area contributed by atoms with E-state index in [9.17, 15) is 14.3 Å². The molecule has 0 radical (unpaired) electrons. The van der Waals surface area contributed by atoms with E-state index in [4.69, 9.17) is 4.74 Å². The van der Waals surface area contributed by atoms with E-state index in [-0.39, 0.29) is 25.5 Å². The molecule has 0 spiro atoms. The fourth-order valence-corrected chi connectivity index (χ4v) is 2.10. The Morgan fingerprint density at radius 2 is 1.92 bits per heavy atom. The molecule has 0 aliphatic heterocycles. The Morgan fingerprint density at radius 3 is 2.62 bits per heavy atom. The molecule has 0 saturated carbocycles. The average molecular weight is 332 g/mol. The molecule has 5 nitrogen and oxygen atoms in total. The van der Waals surface area contributed by atoms with Crippen LogP contribution in [0.5, 0.6) is 5.75 Å². The number of ether oxygens (including phenoxy) is 1. The van der Waals surface area contributed by atoms with Gasteiger partial charge in [-0.25, -0.2) is 9.18 Å². The number of hydrogen-bond acceptors (Lipinski definition) is 3. The zero-order chi connectivity index (χ0) is 17.4. The van der Waals surface area contributed by atoms with Gasteiger partial charge in [-0.1, -0.05) is 36.4 Å². The molecule has 128 valence electrons. The number of rotatable bonds is 7. The van der Waals surface area contributed by atoms with E-state index in [1.807, 2.05) is 18.2 Å². The molecule has 2 amide bonds. The summed E-state index contributed by atoms with van der Waals surface area (Å²) >= 11 is 0. The molecular weight excluding hydrogens is 311 g/mol. The van der Waals surface area contributed by atoms with Crippen molar-refractivity contribution in [3.05, 3.63) is 66.0 Å². The molecule has 2 aromatic rings. The molecule has 3 N–H and O–H groups in total. The van der Waals surface area contributed by atoms with Gasteiger partial charge in [0.1, 0.15) is 23.8 Å². The second-order valence-corrected chi connectivity index (χ2v) is 5.56. The van der Waals surface area contributed by atoms with Crippen molar-refractivity contribution in [1.82, 2.24) is 10.6 Å². The Balaban J connectivity index is 1.68. The van der Waals surface area contributed by atoms with Crippen LogP contribution in [0.3, 0.4) is 0 Å². The topological polar surface area (TPSA) is 70.6 Å². The monoisotopic (exact) mass is 332 g/mol. The smallest absolute Gasteiger partial charge is 0.315 e. The Morgan fingerprint density at radius 1 is 1.17 bits per heavy atom. The first kappa shape index (κ1) is 17.7. The van der Waals surface area contributed by atoms with E-state index < -0.39 is 11.6 Å². The first-order chi connectivity index (χ1) is 11.5. The third kappa shape index (κ3) is 5.55. The van der Waals surface area contributed by atoms with E-state index in [0.29, 0.717) is 5.75 Å². The molecule has 0 aliphatic rings. The Labute approximate surface area is 140 Å². The van der Waals surface area contributed by atoms with Crippen LogP contribution in [-0.4, -0.2) is 30.8 Å². The van der Waals surface area contributed by atoms with E-state index in [0.717, 1.165) is 5.56 Å². The van der Waals surface area contributed by atoms with Gasteiger partial charge in [0.05, 0.1) is 13.1 Å². The zero-order valence-corrected chi connectivity index (χ0v) is 13.5. The summed E-state index contributed by atoms with van der Waals surface area (Å²) in [5.41, 5.74) is -0.434. The summed E-state index contributed by atoms with van der Waals surface area (Å²) in [5, 5.41) is 15.6. The van der Waals surface area contributed by atoms with E-state index in [2.05, 4.69) is 10.6 Å². The van der Waals surface area contributed by atoms with Gasteiger partial charge in [0.25, 0.3) is 0 Å². The molecule has 24 heavy (non-hydrogen) atoms. The van der Waals surface area contributed by atoms with Crippen LogP contribution in [0, 0.1) is 5.82 Å². The number of hydrogen-bond donors (Lipinski definition) is 3. The number of aliphatic hydroxyl groups is 1. The van der Waals surface area contributed by atoms with Gasteiger partial charge in [0.2, 0.25) is 0 Å². The van der Waals surface area contributed by atoms with Crippen molar-refractivity contribution in [2.24, 2.45) is 0 Å². The van der Waals surface area contributed by atoms with Crippen LogP contribution in [0.2, 0.25) is 0 Å². The first-order valence-electron chi connectivity index (χ1n) is 7.65. The Hall–Kier alpha value is -2.60. The third-order valence-electron chi connectivity index (χ3n) is 3.44. The SMILES string of the molecule is CC(O)(CNC(=O)NCCOc1cccc(F)c1)c1ccccc1. The highest BCUT2D eigenvalue weighted by Gasteiger charge is 2.23. The van der Waals surface area contributed by atoms with Crippen molar-refractivity contribution in [2.45, 2.75) is 12.5 Å². The highest BCUT2D eigenvalue weighted by Crippen LogP contribution is 2.18. The number of carbonyl (C=O) groups is 1. The number of carbonyl (C=O) groups excluding carboxylic acids is 1. The molecule has 1 unspecified atom stereocenters. The van der Waals surface area contributed by atoms with Crippen molar-refractivity contribution >= 4 is 6.03 Å². The molecule has 2 aromatic carbocycles. The van der Waals surface area contributed by atoms with Crippen molar-refractivity contribution < 1.29 is 19.0 Å². The molecule has 6 heteroatoms. The highest BCUT2D eigenvalue weighted by molar-refractivity contribution is 5.73. The van der Waals surface area contributed by atoms with Crippen LogP contribution in [0.15, 0.2) is 54.6 Å². The van der Waals surface area contributed by atoms with E-state index in [1.54, 1.807) is 31.2 Å². The molecule has 0 aromatic heterocycles. The quantitative estimate of drug-likeness (QED) is 0.682. The number of halogens is 1.